The third kappa shape index (κ3) is 4.73. The molecule has 1 amide bonds. The van der Waals surface area contributed by atoms with Gasteiger partial charge < -0.3 is 10.2 Å². The molecule has 0 unspecified atom stereocenters. The van der Waals surface area contributed by atoms with E-state index in [1.54, 1.807) is 29.3 Å². The summed E-state index contributed by atoms with van der Waals surface area (Å²) in [4.78, 5) is 19.3. The van der Waals surface area contributed by atoms with E-state index in [4.69, 9.17) is 0 Å². The van der Waals surface area contributed by atoms with Crippen molar-refractivity contribution in [2.75, 3.05) is 20.6 Å². The number of amides is 1. The van der Waals surface area contributed by atoms with Crippen LogP contribution >= 0.6 is 0 Å². The van der Waals surface area contributed by atoms with Gasteiger partial charge >= 0.3 is 0 Å². The van der Waals surface area contributed by atoms with Crippen LogP contribution in [0.1, 0.15) is 22.0 Å². The number of likely N-dealkylation sites (N-methyl/N-ethyl adjacent to an activating group) is 1. The van der Waals surface area contributed by atoms with Crippen molar-refractivity contribution >= 4 is 5.91 Å². The summed E-state index contributed by atoms with van der Waals surface area (Å²) in [5.41, 5.74) is 3.39. The molecule has 0 aliphatic carbocycles. The fraction of sp³-hybridized carbons (Fsp3) is 0.160. The molecule has 4 aromatic rings. The first-order valence-corrected chi connectivity index (χ1v) is 10.3. The van der Waals surface area contributed by atoms with Crippen LogP contribution in [0.3, 0.4) is 0 Å². The molecule has 0 bridgehead atoms. The number of carbonyl (C=O) groups is 1. The van der Waals surface area contributed by atoms with Crippen molar-refractivity contribution in [3.8, 4) is 16.9 Å². The maximum absolute atomic E-state index is 13.7. The van der Waals surface area contributed by atoms with Gasteiger partial charge in [0.25, 0.3) is 5.91 Å². The summed E-state index contributed by atoms with van der Waals surface area (Å²) in [6, 6.07) is 19.5. The largest absolute Gasteiger partial charge is 0.350 e. The van der Waals surface area contributed by atoms with Crippen LogP contribution in [0.5, 0.6) is 0 Å². The van der Waals surface area contributed by atoms with Crippen LogP contribution in [-0.4, -0.2) is 46.2 Å². The number of halogens is 1. The van der Waals surface area contributed by atoms with Crippen molar-refractivity contribution in [3.05, 3.63) is 102 Å². The first-order valence-electron chi connectivity index (χ1n) is 10.3. The molecular weight excluding hydrogens is 405 g/mol. The predicted molar refractivity (Wildman–Crippen MR) is 122 cm³/mol. The van der Waals surface area contributed by atoms with Crippen LogP contribution in [0.25, 0.3) is 16.9 Å². The van der Waals surface area contributed by atoms with Gasteiger partial charge in [-0.1, -0.05) is 30.3 Å². The maximum atomic E-state index is 13.7. The highest BCUT2D eigenvalue weighted by Crippen LogP contribution is 2.24. The van der Waals surface area contributed by atoms with Crippen molar-refractivity contribution in [1.29, 1.82) is 0 Å². The summed E-state index contributed by atoms with van der Waals surface area (Å²) in [6.07, 6.45) is 5.09. The number of rotatable bonds is 7. The topological polar surface area (TPSA) is 63.1 Å². The minimum atomic E-state index is -0.302. The van der Waals surface area contributed by atoms with Gasteiger partial charge in [-0.25, -0.2) is 9.07 Å². The molecule has 0 saturated carbocycles. The third-order valence-corrected chi connectivity index (χ3v) is 5.23. The number of benzene rings is 2. The van der Waals surface area contributed by atoms with E-state index in [0.29, 0.717) is 17.8 Å². The second-order valence-electron chi connectivity index (χ2n) is 7.66. The zero-order valence-electron chi connectivity index (χ0n) is 17.9. The molecule has 1 N–H and O–H groups in total. The molecule has 0 fully saturated rings. The van der Waals surface area contributed by atoms with Crippen LogP contribution < -0.4 is 5.32 Å². The van der Waals surface area contributed by atoms with Gasteiger partial charge in [0.15, 0.2) is 0 Å². The van der Waals surface area contributed by atoms with E-state index in [1.165, 1.54) is 12.1 Å². The Labute approximate surface area is 186 Å². The number of nitrogens with zero attached hydrogens (tertiary/aromatic N) is 4. The molecule has 1 atom stereocenters. The molecule has 0 aliphatic heterocycles. The lowest BCUT2D eigenvalue weighted by Crippen LogP contribution is -2.34. The Morgan fingerprint density at radius 1 is 1.09 bits per heavy atom. The minimum absolute atomic E-state index is 0.180. The van der Waals surface area contributed by atoms with E-state index in [1.807, 2.05) is 67.5 Å². The molecule has 4 rings (SSSR count). The van der Waals surface area contributed by atoms with E-state index in [-0.39, 0.29) is 17.8 Å². The highest BCUT2D eigenvalue weighted by molar-refractivity contribution is 5.99. The maximum Gasteiger partial charge on any atom is 0.255 e. The lowest BCUT2D eigenvalue weighted by molar-refractivity contribution is 0.0942. The Bertz CT molecular complexity index is 1190. The van der Waals surface area contributed by atoms with E-state index in [9.17, 15) is 9.18 Å². The standard InChI is InChI=1S/C25H24FN5O/c1-30(2)23(18-8-6-10-20(26)14-18)16-28-25(32)22-17-31(21-11-4-3-5-12-21)29-24(22)19-9-7-13-27-15-19/h3-15,17,23H,16H2,1-2H3,(H,28,32)/t23-/m0/s1. The SMILES string of the molecule is CN(C)[C@@H](CNC(=O)c1cn(-c2ccccc2)nc1-c1cccnc1)c1cccc(F)c1. The van der Waals surface area contributed by atoms with Gasteiger partial charge in [-0.3, -0.25) is 9.78 Å². The van der Waals surface area contributed by atoms with Crippen LogP contribution in [0.15, 0.2) is 85.3 Å². The molecule has 2 aromatic carbocycles. The molecular formula is C25H24FN5O. The van der Waals surface area contributed by atoms with Crippen LogP contribution in [0.4, 0.5) is 4.39 Å². The summed E-state index contributed by atoms with van der Waals surface area (Å²) in [5, 5.41) is 7.66. The molecule has 2 heterocycles. The normalized spacial score (nSPS) is 12.0. The van der Waals surface area contributed by atoms with Crippen LogP contribution in [0, 0.1) is 5.82 Å². The quantitative estimate of drug-likeness (QED) is 0.480. The van der Waals surface area contributed by atoms with E-state index in [0.717, 1.165) is 16.8 Å². The Kier molecular flexibility index (Phi) is 6.37. The fourth-order valence-electron chi connectivity index (χ4n) is 3.57. The Hall–Kier alpha value is -3.84. The molecule has 162 valence electrons. The first-order chi connectivity index (χ1) is 15.5. The zero-order valence-corrected chi connectivity index (χ0v) is 17.9. The molecule has 0 spiro atoms. The van der Waals surface area contributed by atoms with Crippen molar-refractivity contribution in [2.45, 2.75) is 6.04 Å². The summed E-state index contributed by atoms with van der Waals surface area (Å²) < 4.78 is 15.4. The van der Waals surface area contributed by atoms with Crippen molar-refractivity contribution in [3.63, 3.8) is 0 Å². The monoisotopic (exact) mass is 429 g/mol. The second kappa shape index (κ2) is 9.53. The molecule has 2 aromatic heterocycles. The van der Waals surface area contributed by atoms with Crippen molar-refractivity contribution < 1.29 is 9.18 Å². The number of hydrogen-bond donors (Lipinski definition) is 1. The van der Waals surface area contributed by atoms with E-state index in [2.05, 4.69) is 15.4 Å². The number of nitrogens with one attached hydrogen (secondary N) is 1. The summed E-state index contributed by atoms with van der Waals surface area (Å²) in [6.45, 7) is 0.318. The highest BCUT2D eigenvalue weighted by atomic mass is 19.1. The Morgan fingerprint density at radius 3 is 2.59 bits per heavy atom. The van der Waals surface area contributed by atoms with Gasteiger partial charge in [0, 0.05) is 30.7 Å². The van der Waals surface area contributed by atoms with Gasteiger partial charge in [-0.05, 0) is 56.1 Å². The smallest absolute Gasteiger partial charge is 0.255 e. The highest BCUT2D eigenvalue weighted by Gasteiger charge is 2.21. The van der Waals surface area contributed by atoms with Crippen molar-refractivity contribution in [1.82, 2.24) is 25.0 Å². The zero-order chi connectivity index (χ0) is 22.5. The summed E-state index contributed by atoms with van der Waals surface area (Å²) >= 11 is 0. The van der Waals surface area contributed by atoms with Gasteiger partial charge in [0.05, 0.1) is 17.3 Å². The molecule has 0 radical (unpaired) electrons. The van der Waals surface area contributed by atoms with Crippen LogP contribution in [-0.2, 0) is 0 Å². The predicted octanol–water partition coefficient (Wildman–Crippen LogP) is 4.11. The molecule has 32 heavy (non-hydrogen) atoms. The average molecular weight is 429 g/mol. The summed E-state index contributed by atoms with van der Waals surface area (Å²) in [7, 11) is 3.80. The third-order valence-electron chi connectivity index (χ3n) is 5.23. The molecule has 6 nitrogen and oxygen atoms in total. The van der Waals surface area contributed by atoms with Gasteiger partial charge in [-0.2, -0.15) is 5.10 Å². The van der Waals surface area contributed by atoms with Gasteiger partial charge in [0.2, 0.25) is 0 Å². The lowest BCUT2D eigenvalue weighted by Gasteiger charge is -2.25. The Morgan fingerprint density at radius 2 is 1.91 bits per heavy atom. The van der Waals surface area contributed by atoms with Crippen molar-refractivity contribution in [2.24, 2.45) is 0 Å². The molecule has 0 saturated heterocycles. The van der Waals surface area contributed by atoms with Crippen LogP contribution in [0.2, 0.25) is 0 Å². The van der Waals surface area contributed by atoms with E-state index >= 15 is 0 Å². The fourth-order valence-corrected chi connectivity index (χ4v) is 3.57. The minimum Gasteiger partial charge on any atom is -0.350 e. The number of carbonyl (C=O) groups excluding carboxylic acids is 1. The lowest BCUT2D eigenvalue weighted by atomic mass is 10.1. The molecule has 7 heteroatoms. The number of pyridine rings is 1. The average Bonchev–Trinajstić information content (AvgIpc) is 3.26. The number of aromatic nitrogens is 3. The van der Waals surface area contributed by atoms with E-state index < -0.39 is 0 Å². The number of para-hydroxylation sites is 1. The van der Waals surface area contributed by atoms with Gasteiger partial charge in [0.1, 0.15) is 11.5 Å². The molecule has 0 aliphatic rings. The Balaban J connectivity index is 1.63. The summed E-state index contributed by atoms with van der Waals surface area (Å²) in [5.74, 6) is -0.557. The number of hydrogen-bond acceptors (Lipinski definition) is 4. The first kappa shape index (κ1) is 21.4. The second-order valence-corrected chi connectivity index (χ2v) is 7.66. The van der Waals surface area contributed by atoms with Gasteiger partial charge in [-0.15, -0.1) is 0 Å².